The van der Waals surface area contributed by atoms with E-state index in [-0.39, 0.29) is 5.91 Å². The molecule has 0 aliphatic heterocycles. The second-order valence-electron chi connectivity index (χ2n) is 6.71. The normalized spacial score (nSPS) is 11.1. The molecule has 6 heteroatoms. The Morgan fingerprint density at radius 3 is 2.59 bits per heavy atom. The number of nitrogens with zero attached hydrogens (tertiary/aromatic N) is 3. The first-order valence-electron chi connectivity index (χ1n) is 9.61. The minimum Gasteiger partial charge on any atom is -0.384 e. The van der Waals surface area contributed by atoms with Gasteiger partial charge in [-0.05, 0) is 18.6 Å². The van der Waals surface area contributed by atoms with Gasteiger partial charge in [-0.1, -0.05) is 50.8 Å². The third-order valence-corrected chi connectivity index (χ3v) is 4.70. The van der Waals surface area contributed by atoms with Crippen LogP contribution in [0.4, 0.5) is 5.82 Å². The molecule has 2 aromatic heterocycles. The summed E-state index contributed by atoms with van der Waals surface area (Å²) in [5.74, 6) is 0.184. The highest BCUT2D eigenvalue weighted by Crippen LogP contribution is 2.27. The van der Waals surface area contributed by atoms with Crippen LogP contribution >= 0.6 is 0 Å². The molecule has 0 bridgehead atoms. The van der Waals surface area contributed by atoms with Gasteiger partial charge in [0.05, 0.1) is 11.0 Å². The highest BCUT2D eigenvalue weighted by atomic mass is 16.1. The van der Waals surface area contributed by atoms with Crippen LogP contribution in [0.3, 0.4) is 0 Å². The van der Waals surface area contributed by atoms with Crippen molar-refractivity contribution in [1.29, 1.82) is 0 Å². The molecule has 2 heterocycles. The van der Waals surface area contributed by atoms with Crippen LogP contribution < -0.4 is 11.1 Å². The number of anilines is 1. The fraction of sp³-hybridized carbons (Fsp3) is 0.381. The number of allylic oxidation sites excluding steroid dienone is 1. The van der Waals surface area contributed by atoms with Crippen molar-refractivity contribution in [2.45, 2.75) is 45.6 Å². The fourth-order valence-electron chi connectivity index (χ4n) is 3.27. The molecule has 0 unspecified atom stereocenters. The van der Waals surface area contributed by atoms with E-state index in [1.54, 1.807) is 10.6 Å². The van der Waals surface area contributed by atoms with Gasteiger partial charge < -0.3 is 15.6 Å². The summed E-state index contributed by atoms with van der Waals surface area (Å²) < 4.78 is 1.79. The molecule has 142 valence electrons. The molecule has 1 amide bonds. The molecule has 0 aliphatic rings. The molecule has 3 rings (SSSR count). The molecule has 1 aromatic carbocycles. The Bertz CT molecular complexity index is 960. The summed E-state index contributed by atoms with van der Waals surface area (Å²) in [6.07, 6.45) is 7.46. The van der Waals surface area contributed by atoms with E-state index >= 15 is 0 Å². The Balaban J connectivity index is 1.91. The maximum atomic E-state index is 12.8. The van der Waals surface area contributed by atoms with Gasteiger partial charge in [0.2, 0.25) is 0 Å². The van der Waals surface area contributed by atoms with Crippen molar-refractivity contribution in [3.63, 3.8) is 0 Å². The summed E-state index contributed by atoms with van der Waals surface area (Å²) in [7, 11) is 0. The zero-order valence-corrected chi connectivity index (χ0v) is 15.9. The van der Waals surface area contributed by atoms with Crippen molar-refractivity contribution >= 4 is 33.9 Å². The fourth-order valence-corrected chi connectivity index (χ4v) is 3.27. The molecule has 0 saturated heterocycles. The van der Waals surface area contributed by atoms with Gasteiger partial charge >= 0.3 is 0 Å². The predicted molar refractivity (Wildman–Crippen MR) is 111 cm³/mol. The van der Waals surface area contributed by atoms with Gasteiger partial charge in [0.1, 0.15) is 16.9 Å². The first-order chi connectivity index (χ1) is 13.2. The average Bonchev–Trinajstić information content (AvgIpc) is 2.94. The van der Waals surface area contributed by atoms with Crippen molar-refractivity contribution in [1.82, 2.24) is 19.9 Å². The Morgan fingerprint density at radius 2 is 1.89 bits per heavy atom. The summed E-state index contributed by atoms with van der Waals surface area (Å²) in [6, 6.07) is 7.61. The van der Waals surface area contributed by atoms with E-state index in [0.29, 0.717) is 35.6 Å². The van der Waals surface area contributed by atoms with Crippen molar-refractivity contribution in [3.8, 4) is 0 Å². The molecule has 0 atom stereocenters. The number of carbonyl (C=O) groups is 1. The van der Waals surface area contributed by atoms with Gasteiger partial charge in [-0.15, -0.1) is 6.58 Å². The van der Waals surface area contributed by atoms with Gasteiger partial charge in [0.25, 0.3) is 5.91 Å². The summed E-state index contributed by atoms with van der Waals surface area (Å²) in [6.45, 7) is 7.08. The third-order valence-electron chi connectivity index (χ3n) is 4.70. The summed E-state index contributed by atoms with van der Waals surface area (Å²) in [4.78, 5) is 22.2. The number of nitrogen functional groups attached to an aromatic ring is 1. The van der Waals surface area contributed by atoms with E-state index in [2.05, 4.69) is 28.8 Å². The number of rotatable bonds is 9. The van der Waals surface area contributed by atoms with E-state index < -0.39 is 0 Å². The Hall–Kier alpha value is -2.89. The number of para-hydroxylation sites is 2. The minimum atomic E-state index is -0.194. The lowest BCUT2D eigenvalue weighted by Gasteiger charge is -2.06. The van der Waals surface area contributed by atoms with Crippen molar-refractivity contribution in [2.75, 3.05) is 12.3 Å². The number of hydrogen-bond acceptors (Lipinski definition) is 4. The molecular weight excluding hydrogens is 338 g/mol. The van der Waals surface area contributed by atoms with Crippen LogP contribution in [0.1, 0.15) is 49.4 Å². The largest absolute Gasteiger partial charge is 0.384 e. The average molecular weight is 365 g/mol. The first-order valence-corrected chi connectivity index (χ1v) is 9.61. The molecule has 0 radical (unpaired) electrons. The van der Waals surface area contributed by atoms with Crippen molar-refractivity contribution in [3.05, 3.63) is 42.5 Å². The minimum absolute atomic E-state index is 0.194. The Labute approximate surface area is 159 Å². The summed E-state index contributed by atoms with van der Waals surface area (Å²) >= 11 is 0. The lowest BCUT2D eigenvalue weighted by atomic mass is 10.1. The third kappa shape index (κ3) is 3.94. The van der Waals surface area contributed by atoms with Crippen LogP contribution in [0.15, 0.2) is 36.9 Å². The summed E-state index contributed by atoms with van der Waals surface area (Å²) in [5.41, 5.74) is 9.38. The number of carbonyl (C=O) groups excluding carboxylic acids is 1. The van der Waals surface area contributed by atoms with Gasteiger partial charge in [-0.2, -0.15) is 0 Å². The van der Waals surface area contributed by atoms with Crippen LogP contribution in [0, 0.1) is 0 Å². The molecule has 3 N–H and O–H groups in total. The van der Waals surface area contributed by atoms with Gasteiger partial charge in [-0.25, -0.2) is 9.97 Å². The van der Waals surface area contributed by atoms with E-state index in [1.807, 2.05) is 24.3 Å². The van der Waals surface area contributed by atoms with Gasteiger partial charge in [0, 0.05) is 13.1 Å². The maximum absolute atomic E-state index is 12.8. The standard InChI is InChI=1S/C21H27N5O/c1-3-5-6-7-10-13-23-21(27)17-18-20(26(14-4-2)19(17)22)25-16-12-9-8-11-15(16)24-18/h4,8-9,11-12H,2-3,5-7,10,13-14,22H2,1H3,(H,23,27). The maximum Gasteiger partial charge on any atom is 0.257 e. The highest BCUT2D eigenvalue weighted by Gasteiger charge is 2.23. The number of hydrogen-bond donors (Lipinski definition) is 2. The highest BCUT2D eigenvalue weighted by molar-refractivity contribution is 6.10. The van der Waals surface area contributed by atoms with Crippen LogP contribution in [-0.4, -0.2) is 27.0 Å². The van der Waals surface area contributed by atoms with E-state index in [0.717, 1.165) is 23.9 Å². The van der Waals surface area contributed by atoms with E-state index in [4.69, 9.17) is 5.73 Å². The monoisotopic (exact) mass is 365 g/mol. The topological polar surface area (TPSA) is 85.8 Å². The van der Waals surface area contributed by atoms with Gasteiger partial charge in [-0.3, -0.25) is 4.79 Å². The number of benzene rings is 1. The molecular formula is C21H27N5O. The zero-order valence-electron chi connectivity index (χ0n) is 15.9. The van der Waals surface area contributed by atoms with E-state index in [9.17, 15) is 4.79 Å². The van der Waals surface area contributed by atoms with Gasteiger partial charge in [0.15, 0.2) is 5.65 Å². The molecule has 3 aromatic rings. The van der Waals surface area contributed by atoms with Crippen LogP contribution in [0.25, 0.3) is 22.2 Å². The molecule has 27 heavy (non-hydrogen) atoms. The second kappa shape index (κ2) is 8.66. The van der Waals surface area contributed by atoms with E-state index in [1.165, 1.54) is 19.3 Å². The molecule has 0 saturated carbocycles. The molecule has 0 spiro atoms. The quantitative estimate of drug-likeness (QED) is 0.442. The molecule has 0 fully saturated rings. The smallest absolute Gasteiger partial charge is 0.257 e. The number of nitrogens with one attached hydrogen (secondary N) is 1. The first kappa shape index (κ1) is 18.9. The molecule has 0 aliphatic carbocycles. The number of unbranched alkanes of at least 4 members (excludes halogenated alkanes) is 4. The predicted octanol–water partition coefficient (Wildman–Crippen LogP) is 4.05. The van der Waals surface area contributed by atoms with Crippen molar-refractivity contribution < 1.29 is 4.79 Å². The SMILES string of the molecule is C=CCn1c(N)c(C(=O)NCCCCCCC)c2nc3ccccc3nc21. The second-order valence-corrected chi connectivity index (χ2v) is 6.71. The number of fused-ring (bicyclic) bond motifs is 2. The van der Waals surface area contributed by atoms with Crippen LogP contribution in [0.5, 0.6) is 0 Å². The number of nitrogens with two attached hydrogens (primary N) is 1. The number of aromatic nitrogens is 3. The lowest BCUT2D eigenvalue weighted by molar-refractivity contribution is 0.0955. The van der Waals surface area contributed by atoms with Crippen LogP contribution in [-0.2, 0) is 6.54 Å². The number of amides is 1. The summed E-state index contributed by atoms with van der Waals surface area (Å²) in [5, 5.41) is 2.99. The zero-order chi connectivity index (χ0) is 19.2. The molecule has 6 nitrogen and oxygen atoms in total. The van der Waals surface area contributed by atoms with Crippen molar-refractivity contribution in [2.24, 2.45) is 0 Å². The lowest BCUT2D eigenvalue weighted by Crippen LogP contribution is -2.25. The van der Waals surface area contributed by atoms with Crippen LogP contribution in [0.2, 0.25) is 0 Å². The Kier molecular flexibility index (Phi) is 6.06. The Morgan fingerprint density at radius 1 is 1.19 bits per heavy atom.